The molecule has 98 valence electrons. The summed E-state index contributed by atoms with van der Waals surface area (Å²) in [5.74, 6) is -0.475. The fraction of sp³-hybridized carbons (Fsp3) is 0.214. The molecule has 1 aromatic heterocycles. The average Bonchev–Trinajstić information content (AvgIpc) is 2.40. The molecule has 5 heteroatoms. The van der Waals surface area contributed by atoms with E-state index in [9.17, 15) is 4.79 Å². The molecule has 0 saturated heterocycles. The van der Waals surface area contributed by atoms with Gasteiger partial charge in [0.25, 0.3) is 0 Å². The molecule has 0 atom stereocenters. The van der Waals surface area contributed by atoms with E-state index in [2.05, 4.69) is 27.6 Å². The number of aliphatic carboxylic acids is 1. The lowest BCUT2D eigenvalue weighted by Gasteiger charge is -2.07. The molecule has 0 radical (unpaired) electrons. The Balaban J connectivity index is 2.22. The van der Waals surface area contributed by atoms with Crippen molar-refractivity contribution in [3.63, 3.8) is 0 Å². The summed E-state index contributed by atoms with van der Waals surface area (Å²) < 4.78 is 0. The Labute approximate surface area is 111 Å². The molecule has 0 amide bonds. The fourth-order valence-electron chi connectivity index (χ4n) is 1.75. The zero-order chi connectivity index (χ0) is 13.8. The van der Waals surface area contributed by atoms with Gasteiger partial charge in [0.15, 0.2) is 0 Å². The molecular formula is C14H15N3O2. The van der Waals surface area contributed by atoms with Gasteiger partial charge in [-0.05, 0) is 37.6 Å². The highest BCUT2D eigenvalue weighted by Gasteiger charge is 2.05. The Morgan fingerprint density at radius 3 is 2.63 bits per heavy atom. The van der Waals surface area contributed by atoms with Crippen LogP contribution in [0.15, 0.2) is 30.3 Å². The van der Waals surface area contributed by atoms with Crippen LogP contribution in [0.5, 0.6) is 0 Å². The Kier molecular flexibility index (Phi) is 3.75. The Morgan fingerprint density at radius 1 is 1.21 bits per heavy atom. The van der Waals surface area contributed by atoms with Gasteiger partial charge in [0.1, 0.15) is 12.4 Å². The third-order valence-electron chi connectivity index (χ3n) is 2.75. The molecule has 19 heavy (non-hydrogen) atoms. The van der Waals surface area contributed by atoms with E-state index in [1.807, 2.05) is 26.0 Å². The number of carbonyl (C=O) groups is 1. The lowest BCUT2D eigenvalue weighted by Crippen LogP contribution is -2.13. The van der Waals surface area contributed by atoms with Gasteiger partial charge in [-0.3, -0.25) is 4.79 Å². The summed E-state index contributed by atoms with van der Waals surface area (Å²) >= 11 is 0. The van der Waals surface area contributed by atoms with Crippen LogP contribution in [0.25, 0.3) is 11.3 Å². The van der Waals surface area contributed by atoms with Gasteiger partial charge in [0.05, 0.1) is 5.69 Å². The predicted octanol–water partition coefficient (Wildman–Crippen LogP) is 2.26. The number of hydrogen-bond donors (Lipinski definition) is 2. The lowest BCUT2D eigenvalue weighted by atomic mass is 10.0. The molecule has 0 saturated carbocycles. The highest BCUT2D eigenvalue weighted by molar-refractivity contribution is 5.72. The number of anilines is 1. The number of aromatic nitrogens is 2. The van der Waals surface area contributed by atoms with Gasteiger partial charge in [0.2, 0.25) is 0 Å². The molecule has 0 fully saturated rings. The monoisotopic (exact) mass is 257 g/mol. The first-order chi connectivity index (χ1) is 9.06. The van der Waals surface area contributed by atoms with Gasteiger partial charge < -0.3 is 10.4 Å². The van der Waals surface area contributed by atoms with Crippen molar-refractivity contribution in [3.8, 4) is 11.3 Å². The number of nitrogens with zero attached hydrogens (tertiary/aromatic N) is 2. The predicted molar refractivity (Wildman–Crippen MR) is 73.1 cm³/mol. The van der Waals surface area contributed by atoms with Crippen LogP contribution in [0.2, 0.25) is 0 Å². The number of hydrogen-bond acceptors (Lipinski definition) is 4. The summed E-state index contributed by atoms with van der Waals surface area (Å²) in [6, 6.07) is 9.72. The van der Waals surface area contributed by atoms with Gasteiger partial charge in [-0.2, -0.15) is 0 Å². The minimum absolute atomic E-state index is 0.169. The van der Waals surface area contributed by atoms with Gasteiger partial charge in [-0.25, -0.2) is 0 Å². The van der Waals surface area contributed by atoms with E-state index in [1.54, 1.807) is 6.07 Å². The highest BCUT2D eigenvalue weighted by Crippen LogP contribution is 2.22. The fourth-order valence-corrected chi connectivity index (χ4v) is 1.75. The number of carboxylic acid groups (broad SMARTS) is 1. The standard InChI is InChI=1S/C14H15N3O2/c1-9-3-4-10(2)11(7-9)12-5-6-13(17-16-12)15-8-14(18)19/h3-7H,8H2,1-2H3,(H,15,17)(H,18,19). The second kappa shape index (κ2) is 5.48. The third-order valence-corrected chi connectivity index (χ3v) is 2.75. The van der Waals surface area contributed by atoms with E-state index >= 15 is 0 Å². The second-order valence-corrected chi connectivity index (χ2v) is 4.37. The maximum Gasteiger partial charge on any atom is 0.322 e. The third kappa shape index (κ3) is 3.28. The number of rotatable bonds is 4. The zero-order valence-electron chi connectivity index (χ0n) is 10.8. The minimum Gasteiger partial charge on any atom is -0.480 e. The molecular weight excluding hydrogens is 242 g/mol. The van der Waals surface area contributed by atoms with Crippen LogP contribution in [-0.2, 0) is 4.79 Å². The molecule has 0 aliphatic rings. The van der Waals surface area contributed by atoms with Crippen LogP contribution in [0.1, 0.15) is 11.1 Å². The van der Waals surface area contributed by atoms with Crippen molar-refractivity contribution in [2.24, 2.45) is 0 Å². The zero-order valence-corrected chi connectivity index (χ0v) is 10.8. The van der Waals surface area contributed by atoms with Gasteiger partial charge in [-0.15, -0.1) is 10.2 Å². The molecule has 1 heterocycles. The average molecular weight is 257 g/mol. The van der Waals surface area contributed by atoms with Crippen LogP contribution in [0.3, 0.4) is 0 Å². The number of nitrogens with one attached hydrogen (secondary N) is 1. The van der Waals surface area contributed by atoms with Crippen molar-refractivity contribution < 1.29 is 9.90 Å². The van der Waals surface area contributed by atoms with Crippen LogP contribution in [-0.4, -0.2) is 27.8 Å². The highest BCUT2D eigenvalue weighted by atomic mass is 16.4. The quantitative estimate of drug-likeness (QED) is 0.878. The van der Waals surface area contributed by atoms with Crippen molar-refractivity contribution >= 4 is 11.8 Å². The molecule has 0 spiro atoms. The Bertz CT molecular complexity index is 594. The summed E-state index contributed by atoms with van der Waals surface area (Å²) in [5.41, 5.74) is 4.11. The van der Waals surface area contributed by atoms with Gasteiger partial charge >= 0.3 is 5.97 Å². The summed E-state index contributed by atoms with van der Waals surface area (Å²) in [5, 5.41) is 19.3. The summed E-state index contributed by atoms with van der Waals surface area (Å²) in [7, 11) is 0. The molecule has 0 unspecified atom stereocenters. The van der Waals surface area contributed by atoms with Crippen LogP contribution in [0.4, 0.5) is 5.82 Å². The maximum atomic E-state index is 10.4. The minimum atomic E-state index is -0.930. The van der Waals surface area contributed by atoms with Crippen molar-refractivity contribution in [2.75, 3.05) is 11.9 Å². The normalized spacial score (nSPS) is 10.2. The molecule has 0 aliphatic heterocycles. The van der Waals surface area contributed by atoms with E-state index in [0.29, 0.717) is 5.82 Å². The van der Waals surface area contributed by atoms with Gasteiger partial charge in [0, 0.05) is 5.56 Å². The number of benzene rings is 1. The van der Waals surface area contributed by atoms with E-state index in [1.165, 1.54) is 0 Å². The Hall–Kier alpha value is -2.43. The summed E-state index contributed by atoms with van der Waals surface area (Å²) in [6.07, 6.45) is 0. The molecule has 2 N–H and O–H groups in total. The molecule has 5 nitrogen and oxygen atoms in total. The van der Waals surface area contributed by atoms with E-state index in [-0.39, 0.29) is 6.54 Å². The van der Waals surface area contributed by atoms with Crippen LogP contribution in [0, 0.1) is 13.8 Å². The first-order valence-corrected chi connectivity index (χ1v) is 5.93. The maximum absolute atomic E-state index is 10.4. The van der Waals surface area contributed by atoms with Crippen molar-refractivity contribution in [2.45, 2.75) is 13.8 Å². The molecule has 1 aromatic carbocycles. The lowest BCUT2D eigenvalue weighted by molar-refractivity contribution is -0.134. The number of aryl methyl sites for hydroxylation is 2. The SMILES string of the molecule is Cc1ccc(C)c(-c2ccc(NCC(=O)O)nn2)c1. The van der Waals surface area contributed by atoms with Gasteiger partial charge in [-0.1, -0.05) is 17.7 Å². The summed E-state index contributed by atoms with van der Waals surface area (Å²) in [6.45, 7) is 3.88. The van der Waals surface area contributed by atoms with Crippen molar-refractivity contribution in [1.82, 2.24) is 10.2 Å². The largest absolute Gasteiger partial charge is 0.480 e. The molecule has 2 aromatic rings. The molecule has 0 aliphatic carbocycles. The summed E-state index contributed by atoms with van der Waals surface area (Å²) in [4.78, 5) is 10.4. The van der Waals surface area contributed by atoms with Crippen LogP contribution >= 0.6 is 0 Å². The molecule has 0 bridgehead atoms. The first kappa shape index (κ1) is 13.0. The van der Waals surface area contributed by atoms with Crippen molar-refractivity contribution in [1.29, 1.82) is 0 Å². The van der Waals surface area contributed by atoms with Crippen molar-refractivity contribution in [3.05, 3.63) is 41.5 Å². The topological polar surface area (TPSA) is 75.1 Å². The van der Waals surface area contributed by atoms with E-state index < -0.39 is 5.97 Å². The van der Waals surface area contributed by atoms with E-state index in [4.69, 9.17) is 5.11 Å². The molecule has 2 rings (SSSR count). The second-order valence-electron chi connectivity index (χ2n) is 4.37. The number of carboxylic acids is 1. The van der Waals surface area contributed by atoms with E-state index in [0.717, 1.165) is 22.4 Å². The first-order valence-electron chi connectivity index (χ1n) is 5.93. The smallest absolute Gasteiger partial charge is 0.322 e. The Morgan fingerprint density at radius 2 is 2.00 bits per heavy atom. The van der Waals surface area contributed by atoms with Crippen LogP contribution < -0.4 is 5.32 Å².